The van der Waals surface area contributed by atoms with Crippen molar-refractivity contribution in [3.8, 4) is 0 Å². The largest absolute Gasteiger partial charge is 0.351 e. The average Bonchev–Trinajstić information content (AvgIpc) is 3.18. The Morgan fingerprint density at radius 3 is 2.37 bits per heavy atom. The van der Waals surface area contributed by atoms with Crippen LogP contribution in [-0.4, -0.2) is 34.1 Å². The first-order valence-electron chi connectivity index (χ1n) is 6.95. The molecular weight excluding hydrogens is 242 g/mol. The maximum atomic E-state index is 5.42. The standard InChI is InChI=1S/C12H23N7/c1-4-8-7-9(8)14-10-15-11(18-13)17-12(16-10)19(5-2)6-3/h8-9H,4-7,13H2,1-3H3,(H2,14,15,16,17,18). The summed E-state index contributed by atoms with van der Waals surface area (Å²) in [7, 11) is 0. The van der Waals surface area contributed by atoms with Crippen molar-refractivity contribution in [3.63, 3.8) is 0 Å². The monoisotopic (exact) mass is 265 g/mol. The fourth-order valence-corrected chi connectivity index (χ4v) is 2.18. The van der Waals surface area contributed by atoms with Crippen LogP contribution in [0.3, 0.4) is 0 Å². The molecule has 1 fully saturated rings. The zero-order valence-corrected chi connectivity index (χ0v) is 11.8. The fourth-order valence-electron chi connectivity index (χ4n) is 2.18. The second kappa shape index (κ2) is 6.01. The topological polar surface area (TPSA) is 92.0 Å². The highest BCUT2D eigenvalue weighted by Crippen LogP contribution is 2.35. The minimum Gasteiger partial charge on any atom is -0.351 e. The summed E-state index contributed by atoms with van der Waals surface area (Å²) in [5.74, 6) is 7.82. The van der Waals surface area contributed by atoms with Crippen LogP contribution in [0.15, 0.2) is 0 Å². The highest BCUT2D eigenvalue weighted by Gasteiger charge is 2.35. The van der Waals surface area contributed by atoms with E-state index < -0.39 is 0 Å². The number of nitrogens with zero attached hydrogens (tertiary/aromatic N) is 4. The molecule has 2 atom stereocenters. The van der Waals surface area contributed by atoms with Gasteiger partial charge in [0.25, 0.3) is 0 Å². The number of nitrogens with two attached hydrogens (primary N) is 1. The predicted molar refractivity (Wildman–Crippen MR) is 77.0 cm³/mol. The number of rotatable bonds is 7. The number of aromatic nitrogens is 3. The molecule has 0 aliphatic heterocycles. The number of nitrogen functional groups attached to an aromatic ring is 1. The van der Waals surface area contributed by atoms with Crippen molar-refractivity contribution in [2.75, 3.05) is 28.7 Å². The summed E-state index contributed by atoms with van der Waals surface area (Å²) in [5.41, 5.74) is 2.50. The van der Waals surface area contributed by atoms with Crippen LogP contribution < -0.4 is 21.5 Å². The third kappa shape index (κ3) is 3.23. The minimum atomic E-state index is 0.396. The quantitative estimate of drug-likeness (QED) is 0.504. The molecule has 2 unspecified atom stereocenters. The van der Waals surface area contributed by atoms with E-state index >= 15 is 0 Å². The van der Waals surface area contributed by atoms with Crippen molar-refractivity contribution in [3.05, 3.63) is 0 Å². The molecule has 7 heteroatoms. The van der Waals surface area contributed by atoms with Crippen molar-refractivity contribution in [2.24, 2.45) is 11.8 Å². The summed E-state index contributed by atoms with van der Waals surface area (Å²) < 4.78 is 0. The minimum absolute atomic E-state index is 0.396. The summed E-state index contributed by atoms with van der Waals surface area (Å²) in [5, 5.41) is 3.35. The van der Waals surface area contributed by atoms with Gasteiger partial charge >= 0.3 is 0 Å². The van der Waals surface area contributed by atoms with Crippen molar-refractivity contribution < 1.29 is 0 Å². The smallest absolute Gasteiger partial charge is 0.243 e. The lowest BCUT2D eigenvalue weighted by Gasteiger charge is -2.19. The second-order valence-corrected chi connectivity index (χ2v) is 4.75. The van der Waals surface area contributed by atoms with Crippen molar-refractivity contribution in [1.82, 2.24) is 15.0 Å². The normalized spacial score (nSPS) is 21.1. The second-order valence-electron chi connectivity index (χ2n) is 4.75. The van der Waals surface area contributed by atoms with Gasteiger partial charge in [0, 0.05) is 19.1 Å². The van der Waals surface area contributed by atoms with Gasteiger partial charge < -0.3 is 10.2 Å². The molecule has 19 heavy (non-hydrogen) atoms. The van der Waals surface area contributed by atoms with Crippen LogP contribution in [0.5, 0.6) is 0 Å². The molecule has 1 heterocycles. The fraction of sp³-hybridized carbons (Fsp3) is 0.750. The van der Waals surface area contributed by atoms with E-state index in [-0.39, 0.29) is 0 Å². The molecule has 1 aromatic rings. The van der Waals surface area contributed by atoms with Gasteiger partial charge in [0.05, 0.1) is 0 Å². The van der Waals surface area contributed by atoms with Gasteiger partial charge in [-0.15, -0.1) is 0 Å². The Morgan fingerprint density at radius 1 is 1.16 bits per heavy atom. The van der Waals surface area contributed by atoms with E-state index in [1.807, 2.05) is 0 Å². The molecule has 0 amide bonds. The SMILES string of the molecule is CCC1CC1Nc1nc(NN)nc(N(CC)CC)n1. The molecule has 0 bridgehead atoms. The number of hydrazine groups is 1. The van der Waals surface area contributed by atoms with Gasteiger partial charge in [-0.2, -0.15) is 15.0 Å². The Bertz CT molecular complexity index is 419. The molecule has 0 radical (unpaired) electrons. The van der Waals surface area contributed by atoms with E-state index in [4.69, 9.17) is 5.84 Å². The van der Waals surface area contributed by atoms with Crippen LogP contribution in [-0.2, 0) is 0 Å². The maximum absolute atomic E-state index is 5.42. The maximum Gasteiger partial charge on any atom is 0.243 e. The first-order chi connectivity index (χ1) is 9.21. The Hall–Kier alpha value is -1.63. The van der Waals surface area contributed by atoms with E-state index in [0.717, 1.165) is 19.0 Å². The van der Waals surface area contributed by atoms with Gasteiger partial charge in [0.1, 0.15) is 0 Å². The van der Waals surface area contributed by atoms with Gasteiger partial charge in [0.15, 0.2) is 0 Å². The summed E-state index contributed by atoms with van der Waals surface area (Å²) >= 11 is 0. The van der Waals surface area contributed by atoms with Crippen LogP contribution in [0.25, 0.3) is 0 Å². The van der Waals surface area contributed by atoms with Crippen LogP contribution >= 0.6 is 0 Å². The van der Waals surface area contributed by atoms with Crippen molar-refractivity contribution >= 4 is 17.8 Å². The lowest BCUT2D eigenvalue weighted by atomic mass is 10.3. The molecule has 7 nitrogen and oxygen atoms in total. The van der Waals surface area contributed by atoms with Crippen LogP contribution in [0, 0.1) is 5.92 Å². The third-order valence-corrected chi connectivity index (χ3v) is 3.56. The van der Waals surface area contributed by atoms with E-state index in [1.165, 1.54) is 12.8 Å². The number of anilines is 3. The van der Waals surface area contributed by atoms with E-state index in [0.29, 0.717) is 23.9 Å². The molecule has 2 rings (SSSR count). The predicted octanol–water partition coefficient (Wildman–Crippen LogP) is 1.21. The molecule has 1 aliphatic rings. The van der Waals surface area contributed by atoms with E-state index in [1.54, 1.807) is 0 Å². The highest BCUT2D eigenvalue weighted by atomic mass is 15.4. The Morgan fingerprint density at radius 2 is 1.84 bits per heavy atom. The first kappa shape index (κ1) is 13.8. The average molecular weight is 265 g/mol. The van der Waals surface area contributed by atoms with Gasteiger partial charge in [-0.25, -0.2) is 5.84 Å². The molecule has 1 aliphatic carbocycles. The lowest BCUT2D eigenvalue weighted by molar-refractivity contribution is 0.767. The van der Waals surface area contributed by atoms with E-state index in [2.05, 4.69) is 51.4 Å². The molecule has 0 spiro atoms. The number of hydrogen-bond donors (Lipinski definition) is 3. The van der Waals surface area contributed by atoms with Gasteiger partial charge in [-0.1, -0.05) is 13.3 Å². The lowest BCUT2D eigenvalue weighted by Crippen LogP contribution is -2.26. The molecule has 1 aromatic heterocycles. The Labute approximate surface area is 114 Å². The summed E-state index contributed by atoms with van der Waals surface area (Å²) in [6, 6.07) is 0.488. The molecule has 4 N–H and O–H groups in total. The van der Waals surface area contributed by atoms with Gasteiger partial charge in [-0.3, -0.25) is 5.43 Å². The molecule has 0 saturated heterocycles. The number of hydrogen-bond acceptors (Lipinski definition) is 7. The van der Waals surface area contributed by atoms with Crippen molar-refractivity contribution in [2.45, 2.75) is 39.7 Å². The highest BCUT2D eigenvalue weighted by molar-refractivity contribution is 5.44. The zero-order valence-electron chi connectivity index (χ0n) is 11.8. The van der Waals surface area contributed by atoms with Crippen LogP contribution in [0.1, 0.15) is 33.6 Å². The summed E-state index contributed by atoms with van der Waals surface area (Å²) in [4.78, 5) is 15.1. The summed E-state index contributed by atoms with van der Waals surface area (Å²) in [6.45, 7) is 8.05. The molecule has 106 valence electrons. The summed E-state index contributed by atoms with van der Waals surface area (Å²) in [6.07, 6.45) is 2.38. The molecule has 0 aromatic carbocycles. The zero-order chi connectivity index (χ0) is 13.8. The third-order valence-electron chi connectivity index (χ3n) is 3.56. The van der Waals surface area contributed by atoms with Gasteiger partial charge in [-0.05, 0) is 26.2 Å². The van der Waals surface area contributed by atoms with Crippen molar-refractivity contribution in [1.29, 1.82) is 0 Å². The number of nitrogens with one attached hydrogen (secondary N) is 2. The van der Waals surface area contributed by atoms with Gasteiger partial charge in [0.2, 0.25) is 17.8 Å². The van der Waals surface area contributed by atoms with Crippen LogP contribution in [0.4, 0.5) is 17.8 Å². The van der Waals surface area contributed by atoms with E-state index in [9.17, 15) is 0 Å². The Balaban J connectivity index is 2.16. The Kier molecular flexibility index (Phi) is 4.36. The molecular formula is C12H23N7. The van der Waals surface area contributed by atoms with Crippen LogP contribution in [0.2, 0.25) is 0 Å². The first-order valence-corrected chi connectivity index (χ1v) is 6.95. The molecule has 1 saturated carbocycles.